The van der Waals surface area contributed by atoms with Crippen molar-refractivity contribution in [1.82, 2.24) is 24.8 Å². The Balaban J connectivity index is 1.41. The Morgan fingerprint density at radius 3 is 2.75 bits per heavy atom. The van der Waals surface area contributed by atoms with Gasteiger partial charge in [-0.3, -0.25) is 9.48 Å². The number of carbonyl (C=O) groups is 1. The fourth-order valence-corrected chi connectivity index (χ4v) is 3.06. The van der Waals surface area contributed by atoms with E-state index in [0.29, 0.717) is 32.1 Å². The zero-order valence-electron chi connectivity index (χ0n) is 15.8. The van der Waals surface area contributed by atoms with E-state index in [1.807, 2.05) is 24.3 Å². The maximum atomic E-state index is 12.6. The predicted molar refractivity (Wildman–Crippen MR) is 101 cm³/mol. The third kappa shape index (κ3) is 3.89. The highest BCUT2D eigenvalue weighted by Crippen LogP contribution is 2.28. The van der Waals surface area contributed by atoms with Crippen LogP contribution in [0.5, 0.6) is 5.75 Å². The summed E-state index contributed by atoms with van der Waals surface area (Å²) in [5.41, 5.74) is 1.36. The summed E-state index contributed by atoms with van der Waals surface area (Å²) in [4.78, 5) is 12.6. The van der Waals surface area contributed by atoms with E-state index in [9.17, 15) is 4.79 Å². The average Bonchev–Trinajstić information content (AvgIpc) is 3.31. The predicted octanol–water partition coefficient (Wildman–Crippen LogP) is 1.82. The van der Waals surface area contributed by atoms with Gasteiger partial charge in [-0.2, -0.15) is 5.10 Å². The third-order valence-corrected chi connectivity index (χ3v) is 4.67. The Kier molecular flexibility index (Phi) is 4.82. The topological polar surface area (TPSA) is 96.1 Å². The Morgan fingerprint density at radius 1 is 1.29 bits per heavy atom. The van der Waals surface area contributed by atoms with Gasteiger partial charge in [-0.15, -0.1) is 5.10 Å². The molecule has 1 aromatic carbocycles. The van der Waals surface area contributed by atoms with Gasteiger partial charge in [0.1, 0.15) is 11.6 Å². The number of hydrogen-bond acceptors (Lipinski definition) is 6. The largest absolute Gasteiger partial charge is 0.497 e. The van der Waals surface area contributed by atoms with Crippen LogP contribution in [0.2, 0.25) is 0 Å². The van der Waals surface area contributed by atoms with Crippen molar-refractivity contribution in [2.75, 3.05) is 25.6 Å². The molecule has 9 heteroatoms. The molecule has 0 aliphatic carbocycles. The molecular weight excluding hydrogens is 360 g/mol. The maximum Gasteiger partial charge on any atom is 0.278 e. The average molecular weight is 382 g/mol. The molecule has 0 radical (unpaired) electrons. The van der Waals surface area contributed by atoms with Crippen LogP contribution in [0, 0.1) is 5.41 Å². The number of rotatable bonds is 7. The van der Waals surface area contributed by atoms with E-state index in [4.69, 9.17) is 9.47 Å². The van der Waals surface area contributed by atoms with Crippen molar-refractivity contribution in [3.8, 4) is 5.75 Å². The molecule has 3 heterocycles. The van der Waals surface area contributed by atoms with Gasteiger partial charge in [-0.05, 0) is 17.7 Å². The van der Waals surface area contributed by atoms with Crippen LogP contribution in [0.4, 0.5) is 5.82 Å². The number of aromatic nitrogens is 5. The van der Waals surface area contributed by atoms with E-state index < -0.39 is 0 Å². The molecule has 1 aliphatic rings. The first-order valence-corrected chi connectivity index (χ1v) is 8.99. The lowest BCUT2D eigenvalue weighted by atomic mass is 9.89. The first kappa shape index (κ1) is 18.2. The van der Waals surface area contributed by atoms with E-state index in [-0.39, 0.29) is 17.0 Å². The Bertz CT molecular complexity index is 958. The lowest BCUT2D eigenvalue weighted by Gasteiger charge is -2.37. The summed E-state index contributed by atoms with van der Waals surface area (Å²) in [5.74, 6) is 1.07. The molecule has 3 aromatic rings. The lowest BCUT2D eigenvalue weighted by molar-refractivity contribution is -0.111. The number of nitrogens with one attached hydrogen (secondary N) is 1. The monoisotopic (exact) mass is 382 g/mol. The number of nitrogens with zero attached hydrogens (tertiary/aromatic N) is 5. The Morgan fingerprint density at radius 2 is 2.07 bits per heavy atom. The van der Waals surface area contributed by atoms with Crippen molar-refractivity contribution in [1.29, 1.82) is 0 Å². The Labute approximate surface area is 162 Å². The summed E-state index contributed by atoms with van der Waals surface area (Å²) in [6.45, 7) is 4.70. The molecule has 0 spiro atoms. The number of methoxy groups -OCH3 is 1. The summed E-state index contributed by atoms with van der Waals surface area (Å²) >= 11 is 0. The minimum absolute atomic E-state index is 0.0540. The van der Waals surface area contributed by atoms with Gasteiger partial charge < -0.3 is 14.8 Å². The summed E-state index contributed by atoms with van der Waals surface area (Å²) in [6.07, 6.45) is 3.30. The van der Waals surface area contributed by atoms with Gasteiger partial charge in [-0.1, -0.05) is 24.3 Å². The first-order valence-electron chi connectivity index (χ1n) is 8.99. The second-order valence-corrected chi connectivity index (χ2v) is 7.28. The van der Waals surface area contributed by atoms with Crippen LogP contribution in [-0.2, 0) is 17.8 Å². The summed E-state index contributed by atoms with van der Waals surface area (Å²) in [7, 11) is 1.63. The van der Waals surface area contributed by atoms with Crippen molar-refractivity contribution >= 4 is 11.7 Å². The number of ether oxygens (including phenoxy) is 2. The maximum absolute atomic E-state index is 12.6. The number of hydrogen-bond donors (Lipinski definition) is 1. The second-order valence-electron chi connectivity index (χ2n) is 7.28. The van der Waals surface area contributed by atoms with Crippen LogP contribution >= 0.6 is 0 Å². The van der Waals surface area contributed by atoms with Crippen molar-refractivity contribution in [2.45, 2.75) is 20.0 Å². The van der Waals surface area contributed by atoms with Gasteiger partial charge in [0.05, 0.1) is 45.8 Å². The molecule has 0 unspecified atom stereocenters. The number of anilines is 1. The highest BCUT2D eigenvalue weighted by Gasteiger charge is 2.34. The zero-order valence-corrected chi connectivity index (χ0v) is 15.8. The van der Waals surface area contributed by atoms with Crippen molar-refractivity contribution < 1.29 is 14.3 Å². The van der Waals surface area contributed by atoms with Crippen LogP contribution in [0.15, 0.2) is 42.7 Å². The van der Waals surface area contributed by atoms with Crippen LogP contribution in [0.25, 0.3) is 0 Å². The van der Waals surface area contributed by atoms with Gasteiger partial charge >= 0.3 is 0 Å². The van der Waals surface area contributed by atoms with Crippen LogP contribution in [-0.4, -0.2) is 51.0 Å². The molecule has 1 amide bonds. The molecule has 4 rings (SSSR count). The van der Waals surface area contributed by atoms with Crippen LogP contribution in [0.1, 0.15) is 23.0 Å². The zero-order chi connectivity index (χ0) is 19.6. The van der Waals surface area contributed by atoms with E-state index >= 15 is 0 Å². The molecule has 1 fully saturated rings. The molecule has 1 saturated heterocycles. The quantitative estimate of drug-likeness (QED) is 0.670. The molecule has 1 N–H and O–H groups in total. The fourth-order valence-electron chi connectivity index (χ4n) is 3.06. The standard InChI is InChI=1S/C19H22N6O3/c1-19(12-28-13-19)11-24-10-16(22-23-24)18(26)21-17-7-8-20-25(17)9-14-3-5-15(27-2)6-4-14/h3-8,10H,9,11-13H2,1-2H3,(H,21,26). The van der Waals surface area contributed by atoms with E-state index in [1.54, 1.807) is 34.9 Å². The van der Waals surface area contributed by atoms with Crippen LogP contribution in [0.3, 0.4) is 0 Å². The first-order chi connectivity index (χ1) is 13.5. The normalized spacial score (nSPS) is 15.1. The third-order valence-electron chi connectivity index (χ3n) is 4.67. The highest BCUT2D eigenvalue weighted by molar-refractivity contribution is 6.02. The van der Waals surface area contributed by atoms with E-state index in [2.05, 4.69) is 27.7 Å². The van der Waals surface area contributed by atoms with Crippen molar-refractivity contribution in [2.24, 2.45) is 5.41 Å². The van der Waals surface area contributed by atoms with Gasteiger partial charge in [0.15, 0.2) is 5.69 Å². The van der Waals surface area contributed by atoms with E-state index in [1.165, 1.54) is 0 Å². The smallest absolute Gasteiger partial charge is 0.278 e. The molecule has 0 atom stereocenters. The van der Waals surface area contributed by atoms with Crippen molar-refractivity contribution in [3.05, 3.63) is 54.0 Å². The highest BCUT2D eigenvalue weighted by atomic mass is 16.5. The molecule has 0 bridgehead atoms. The molecule has 146 valence electrons. The summed E-state index contributed by atoms with van der Waals surface area (Å²) < 4.78 is 13.8. The van der Waals surface area contributed by atoms with E-state index in [0.717, 1.165) is 11.3 Å². The molecule has 0 saturated carbocycles. The molecule has 9 nitrogen and oxygen atoms in total. The van der Waals surface area contributed by atoms with Crippen LogP contribution < -0.4 is 10.1 Å². The second kappa shape index (κ2) is 7.43. The van der Waals surface area contributed by atoms with Gasteiger partial charge in [0.25, 0.3) is 5.91 Å². The number of amides is 1. The summed E-state index contributed by atoms with van der Waals surface area (Å²) in [6, 6.07) is 9.45. The van der Waals surface area contributed by atoms with Crippen molar-refractivity contribution in [3.63, 3.8) is 0 Å². The Hall–Kier alpha value is -3.20. The molecule has 28 heavy (non-hydrogen) atoms. The lowest BCUT2D eigenvalue weighted by Crippen LogP contribution is -2.43. The molecular formula is C19H22N6O3. The molecule has 2 aromatic heterocycles. The van der Waals surface area contributed by atoms with Gasteiger partial charge in [0.2, 0.25) is 0 Å². The van der Waals surface area contributed by atoms with Gasteiger partial charge in [-0.25, -0.2) is 4.68 Å². The summed E-state index contributed by atoms with van der Waals surface area (Å²) in [5, 5.41) is 15.2. The minimum Gasteiger partial charge on any atom is -0.497 e. The SMILES string of the molecule is COc1ccc(Cn2nccc2NC(=O)c2cn(CC3(C)COC3)nn2)cc1. The fraction of sp³-hybridized carbons (Fsp3) is 0.368. The molecule has 1 aliphatic heterocycles. The number of carbonyl (C=O) groups excluding carboxylic acids is 1. The minimum atomic E-state index is -0.322. The van der Waals surface area contributed by atoms with Gasteiger partial charge in [0, 0.05) is 11.5 Å². The number of benzene rings is 1.